The Balaban J connectivity index is 2.71. The molecular weight excluding hydrogens is 278 g/mol. The molecule has 0 saturated heterocycles. The Kier molecular flexibility index (Phi) is 7.09. The van der Waals surface area contributed by atoms with Crippen molar-refractivity contribution in [2.45, 2.75) is 40.5 Å². The van der Waals surface area contributed by atoms with Crippen LogP contribution in [0.15, 0.2) is 30.3 Å². The fraction of sp³-hybridized carbons (Fsp3) is 0.556. The van der Waals surface area contributed by atoms with Gasteiger partial charge in [-0.3, -0.25) is 9.59 Å². The number of rotatable bonds is 8. The van der Waals surface area contributed by atoms with Gasteiger partial charge in [-0.25, -0.2) is 0 Å². The third-order valence-corrected chi connectivity index (χ3v) is 3.95. The lowest BCUT2D eigenvalue weighted by molar-refractivity contribution is -0.148. The van der Waals surface area contributed by atoms with Crippen LogP contribution >= 0.6 is 0 Å². The van der Waals surface area contributed by atoms with E-state index in [1.807, 2.05) is 51.1 Å². The maximum atomic E-state index is 12.2. The number of hydrogen-bond donors (Lipinski definition) is 1. The van der Waals surface area contributed by atoms with E-state index in [2.05, 4.69) is 5.32 Å². The molecule has 0 radical (unpaired) electrons. The normalized spacial score (nSPS) is 12.5. The Bertz CT molecular complexity index is 482. The van der Waals surface area contributed by atoms with Gasteiger partial charge in [-0.05, 0) is 25.3 Å². The predicted octanol–water partition coefficient (Wildman–Crippen LogP) is 2.96. The minimum Gasteiger partial charge on any atom is -0.466 e. The minimum absolute atomic E-state index is 0.0302. The maximum absolute atomic E-state index is 12.2. The highest BCUT2D eigenvalue weighted by molar-refractivity contribution is 5.82. The van der Waals surface area contributed by atoms with E-state index >= 15 is 0 Å². The molecule has 1 aromatic carbocycles. The van der Waals surface area contributed by atoms with Crippen molar-refractivity contribution >= 4 is 11.9 Å². The van der Waals surface area contributed by atoms with Crippen molar-refractivity contribution in [3.05, 3.63) is 35.9 Å². The van der Waals surface area contributed by atoms with E-state index in [1.165, 1.54) is 0 Å². The first-order valence-electron chi connectivity index (χ1n) is 7.89. The summed E-state index contributed by atoms with van der Waals surface area (Å²) in [6.45, 7) is 8.22. The van der Waals surface area contributed by atoms with Gasteiger partial charge < -0.3 is 10.1 Å². The van der Waals surface area contributed by atoms with Crippen molar-refractivity contribution in [1.29, 1.82) is 0 Å². The van der Waals surface area contributed by atoms with Crippen LogP contribution in [-0.4, -0.2) is 25.0 Å². The van der Waals surface area contributed by atoms with Gasteiger partial charge in [0.25, 0.3) is 0 Å². The molecule has 4 nitrogen and oxygen atoms in total. The number of ether oxygens (including phenoxy) is 1. The lowest BCUT2D eigenvalue weighted by Crippen LogP contribution is -2.41. The van der Waals surface area contributed by atoms with Crippen molar-refractivity contribution < 1.29 is 14.3 Å². The molecule has 0 heterocycles. The molecule has 1 unspecified atom stereocenters. The van der Waals surface area contributed by atoms with E-state index in [0.29, 0.717) is 19.6 Å². The number of amides is 1. The number of carbonyl (C=O) groups is 2. The van der Waals surface area contributed by atoms with E-state index in [1.54, 1.807) is 6.92 Å². The molecule has 0 aliphatic carbocycles. The Labute approximate surface area is 133 Å². The van der Waals surface area contributed by atoms with Gasteiger partial charge in [0.2, 0.25) is 5.91 Å². The van der Waals surface area contributed by atoms with Gasteiger partial charge in [0, 0.05) is 12.0 Å². The third-order valence-electron chi connectivity index (χ3n) is 3.95. The highest BCUT2D eigenvalue weighted by atomic mass is 16.5. The summed E-state index contributed by atoms with van der Waals surface area (Å²) in [6.07, 6.45) is 1.31. The van der Waals surface area contributed by atoms with Crippen LogP contribution in [0.2, 0.25) is 0 Å². The molecule has 1 N–H and O–H groups in total. The van der Waals surface area contributed by atoms with Gasteiger partial charge in [-0.2, -0.15) is 0 Å². The van der Waals surface area contributed by atoms with Gasteiger partial charge in [-0.15, -0.1) is 0 Å². The van der Waals surface area contributed by atoms with Crippen LogP contribution in [0.1, 0.15) is 39.7 Å². The van der Waals surface area contributed by atoms with E-state index in [4.69, 9.17) is 4.74 Å². The van der Waals surface area contributed by atoms with Crippen molar-refractivity contribution in [1.82, 2.24) is 5.32 Å². The van der Waals surface area contributed by atoms with Gasteiger partial charge >= 0.3 is 5.97 Å². The Morgan fingerprint density at radius 3 is 2.36 bits per heavy atom. The molecule has 0 saturated carbocycles. The van der Waals surface area contributed by atoms with Gasteiger partial charge in [0.1, 0.15) is 0 Å². The van der Waals surface area contributed by atoms with E-state index in [9.17, 15) is 9.59 Å². The molecule has 0 bridgehead atoms. The second-order valence-electron chi connectivity index (χ2n) is 6.09. The Hall–Kier alpha value is -1.84. The molecule has 122 valence electrons. The van der Waals surface area contributed by atoms with Gasteiger partial charge in [0.05, 0.1) is 12.5 Å². The lowest BCUT2D eigenvalue weighted by atomic mass is 9.89. The molecule has 1 amide bonds. The first kappa shape index (κ1) is 18.2. The molecule has 1 aromatic rings. The predicted molar refractivity (Wildman–Crippen MR) is 87.4 cm³/mol. The zero-order valence-corrected chi connectivity index (χ0v) is 14.0. The highest BCUT2D eigenvalue weighted by Crippen LogP contribution is 2.20. The van der Waals surface area contributed by atoms with Crippen molar-refractivity contribution in [2.75, 3.05) is 13.2 Å². The van der Waals surface area contributed by atoms with Crippen LogP contribution < -0.4 is 5.32 Å². The highest BCUT2D eigenvalue weighted by Gasteiger charge is 2.27. The van der Waals surface area contributed by atoms with Crippen LogP contribution in [0, 0.1) is 11.3 Å². The lowest BCUT2D eigenvalue weighted by Gasteiger charge is -2.23. The smallest absolute Gasteiger partial charge is 0.311 e. The van der Waals surface area contributed by atoms with Crippen molar-refractivity contribution in [3.63, 3.8) is 0 Å². The second kappa shape index (κ2) is 8.57. The van der Waals surface area contributed by atoms with Crippen LogP contribution in [-0.2, 0) is 20.7 Å². The summed E-state index contributed by atoms with van der Waals surface area (Å²) in [5.41, 5.74) is 0.635. The Morgan fingerprint density at radius 2 is 1.82 bits per heavy atom. The average molecular weight is 305 g/mol. The summed E-state index contributed by atoms with van der Waals surface area (Å²) in [4.78, 5) is 24.3. The molecule has 1 rings (SSSR count). The topological polar surface area (TPSA) is 55.4 Å². The quantitative estimate of drug-likeness (QED) is 0.751. The maximum Gasteiger partial charge on any atom is 0.311 e. The molecule has 0 aromatic heterocycles. The van der Waals surface area contributed by atoms with Crippen molar-refractivity contribution in [2.24, 2.45) is 11.3 Å². The van der Waals surface area contributed by atoms with E-state index in [-0.39, 0.29) is 17.8 Å². The fourth-order valence-corrected chi connectivity index (χ4v) is 2.01. The first-order valence-corrected chi connectivity index (χ1v) is 7.89. The number of carbonyl (C=O) groups excluding carboxylic acids is 2. The largest absolute Gasteiger partial charge is 0.466 e. The molecule has 4 heteroatoms. The average Bonchev–Trinajstić information content (AvgIpc) is 2.52. The summed E-state index contributed by atoms with van der Waals surface area (Å²) < 4.78 is 5.13. The second-order valence-corrected chi connectivity index (χ2v) is 6.09. The van der Waals surface area contributed by atoms with Crippen LogP contribution in [0.5, 0.6) is 0 Å². The molecule has 0 spiro atoms. The molecule has 0 aliphatic rings. The standard InChI is InChI=1S/C18H27NO3/c1-5-18(3,4)17(21)19-13-15(16(20)22-6-2)12-14-10-8-7-9-11-14/h7-11,15H,5-6,12-13H2,1-4H3,(H,19,21). The zero-order valence-electron chi connectivity index (χ0n) is 14.0. The van der Waals surface area contributed by atoms with Gasteiger partial charge in [0.15, 0.2) is 0 Å². The Morgan fingerprint density at radius 1 is 1.18 bits per heavy atom. The number of hydrogen-bond acceptors (Lipinski definition) is 3. The SMILES string of the molecule is CCOC(=O)C(CNC(=O)C(C)(C)CC)Cc1ccccc1. The summed E-state index contributed by atoms with van der Waals surface area (Å²) in [6, 6.07) is 9.77. The number of nitrogens with one attached hydrogen (secondary N) is 1. The van der Waals surface area contributed by atoms with Crippen LogP contribution in [0.25, 0.3) is 0 Å². The first-order chi connectivity index (χ1) is 10.4. The molecule has 0 fully saturated rings. The minimum atomic E-state index is -0.425. The monoisotopic (exact) mass is 305 g/mol. The number of benzene rings is 1. The zero-order chi connectivity index (χ0) is 16.6. The molecule has 0 aliphatic heterocycles. The van der Waals surface area contributed by atoms with Crippen LogP contribution in [0.3, 0.4) is 0 Å². The van der Waals surface area contributed by atoms with E-state index in [0.717, 1.165) is 12.0 Å². The molecule has 1 atom stereocenters. The van der Waals surface area contributed by atoms with Crippen molar-refractivity contribution in [3.8, 4) is 0 Å². The summed E-state index contributed by atoms with van der Waals surface area (Å²) >= 11 is 0. The summed E-state index contributed by atoms with van der Waals surface area (Å²) in [7, 11) is 0. The number of esters is 1. The van der Waals surface area contributed by atoms with Gasteiger partial charge in [-0.1, -0.05) is 51.1 Å². The summed E-state index contributed by atoms with van der Waals surface area (Å²) in [5.74, 6) is -0.655. The fourth-order valence-electron chi connectivity index (χ4n) is 2.01. The van der Waals surface area contributed by atoms with E-state index < -0.39 is 5.41 Å². The summed E-state index contributed by atoms with van der Waals surface area (Å²) in [5, 5.41) is 2.89. The third kappa shape index (κ3) is 5.51. The van der Waals surface area contributed by atoms with Crippen LogP contribution in [0.4, 0.5) is 0 Å². The molecule has 22 heavy (non-hydrogen) atoms. The molecular formula is C18H27NO3.